The largest absolute Gasteiger partial charge is 0.366 e. The van der Waals surface area contributed by atoms with E-state index < -0.39 is 0 Å². The van der Waals surface area contributed by atoms with E-state index in [1.807, 2.05) is 0 Å². The molecule has 0 bridgehead atoms. The van der Waals surface area contributed by atoms with Crippen molar-refractivity contribution in [3.05, 3.63) is 28.4 Å². The van der Waals surface area contributed by atoms with Gasteiger partial charge >= 0.3 is 0 Å². The van der Waals surface area contributed by atoms with Gasteiger partial charge in [-0.25, -0.2) is 4.98 Å². The Morgan fingerprint density at radius 3 is 3.11 bits per heavy atom. The first-order chi connectivity index (χ1) is 9.24. The number of aromatic nitrogens is 1. The highest BCUT2D eigenvalue weighted by Crippen LogP contribution is 2.29. The van der Waals surface area contributed by atoms with Crippen molar-refractivity contribution in [3.63, 3.8) is 0 Å². The van der Waals surface area contributed by atoms with Gasteiger partial charge in [-0.1, -0.05) is 6.42 Å². The van der Waals surface area contributed by atoms with Gasteiger partial charge in [-0.2, -0.15) is 0 Å². The van der Waals surface area contributed by atoms with Crippen molar-refractivity contribution in [2.75, 3.05) is 18.4 Å². The first kappa shape index (κ1) is 12.3. The molecule has 3 heterocycles. The minimum Gasteiger partial charge on any atom is -0.366 e. The average molecular weight is 262 g/mol. The zero-order valence-corrected chi connectivity index (χ0v) is 10.8. The zero-order valence-electron chi connectivity index (χ0n) is 10.8. The molecular weight excluding hydrogens is 244 g/mol. The van der Waals surface area contributed by atoms with Gasteiger partial charge in [-0.05, 0) is 25.8 Å². The molecule has 2 unspecified atom stereocenters. The normalized spacial score (nSPS) is 26.9. The van der Waals surface area contributed by atoms with Crippen molar-refractivity contribution in [2.24, 2.45) is 0 Å². The van der Waals surface area contributed by atoms with Gasteiger partial charge in [-0.15, -0.1) is 0 Å². The molecule has 0 aromatic carbocycles. The highest BCUT2D eigenvalue weighted by molar-refractivity contribution is 5.45. The van der Waals surface area contributed by atoms with Gasteiger partial charge in [0.05, 0.1) is 11.0 Å². The number of hydrogen-bond acceptors (Lipinski definition) is 5. The molecule has 2 fully saturated rings. The lowest BCUT2D eigenvalue weighted by atomic mass is 9.99. The van der Waals surface area contributed by atoms with Crippen molar-refractivity contribution in [2.45, 2.75) is 37.8 Å². The molecule has 19 heavy (non-hydrogen) atoms. The number of anilines is 1. The van der Waals surface area contributed by atoms with Crippen molar-refractivity contribution >= 4 is 11.5 Å². The lowest BCUT2D eigenvalue weighted by Gasteiger charge is -2.32. The van der Waals surface area contributed by atoms with Gasteiger partial charge in [0.1, 0.15) is 5.82 Å². The average Bonchev–Trinajstić information content (AvgIpc) is 2.83. The van der Waals surface area contributed by atoms with Gasteiger partial charge < -0.3 is 5.32 Å². The van der Waals surface area contributed by atoms with E-state index in [0.717, 1.165) is 13.0 Å². The van der Waals surface area contributed by atoms with Gasteiger partial charge in [-0.3, -0.25) is 15.0 Å². The minimum atomic E-state index is -0.381. The standard InChI is InChI=1S/C13H18N4O2/c18-17(19)10-4-6-14-13(9-10)15-11-5-8-16-7-2-1-3-12(11)16/h4,6,9,11-12H,1-3,5,7-8H2,(H,14,15). The van der Waals surface area contributed by atoms with Crippen LogP contribution in [0.15, 0.2) is 18.3 Å². The molecule has 0 amide bonds. The summed E-state index contributed by atoms with van der Waals surface area (Å²) >= 11 is 0. The summed E-state index contributed by atoms with van der Waals surface area (Å²) < 4.78 is 0. The highest BCUT2D eigenvalue weighted by Gasteiger charge is 2.35. The number of pyridine rings is 1. The Bertz CT molecular complexity index is 479. The number of fused-ring (bicyclic) bond motifs is 1. The maximum absolute atomic E-state index is 10.8. The molecule has 6 nitrogen and oxygen atoms in total. The second-order valence-electron chi connectivity index (χ2n) is 5.29. The van der Waals surface area contributed by atoms with Crippen LogP contribution in [0.5, 0.6) is 0 Å². The van der Waals surface area contributed by atoms with Crippen molar-refractivity contribution < 1.29 is 4.92 Å². The summed E-state index contributed by atoms with van der Waals surface area (Å²) in [5.41, 5.74) is 0.0935. The van der Waals surface area contributed by atoms with E-state index in [-0.39, 0.29) is 10.6 Å². The lowest BCUT2D eigenvalue weighted by Crippen LogP contribution is -2.41. The fourth-order valence-corrected chi connectivity index (χ4v) is 3.22. The third-order valence-corrected chi connectivity index (χ3v) is 4.14. The fraction of sp³-hybridized carbons (Fsp3) is 0.615. The maximum atomic E-state index is 10.8. The Balaban J connectivity index is 1.71. The molecule has 1 aromatic heterocycles. The number of piperidine rings is 1. The first-order valence-electron chi connectivity index (χ1n) is 6.85. The number of rotatable bonds is 3. The number of hydrogen-bond donors (Lipinski definition) is 1. The van der Waals surface area contributed by atoms with Crippen LogP contribution in [-0.4, -0.2) is 40.0 Å². The molecule has 0 aliphatic carbocycles. The molecule has 2 aliphatic heterocycles. The van der Waals surface area contributed by atoms with Crippen LogP contribution < -0.4 is 5.32 Å². The van der Waals surface area contributed by atoms with Crippen molar-refractivity contribution in [1.82, 2.24) is 9.88 Å². The zero-order chi connectivity index (χ0) is 13.2. The quantitative estimate of drug-likeness (QED) is 0.666. The van der Waals surface area contributed by atoms with E-state index in [4.69, 9.17) is 0 Å². The predicted molar refractivity (Wildman–Crippen MR) is 72.1 cm³/mol. The second-order valence-corrected chi connectivity index (χ2v) is 5.29. The summed E-state index contributed by atoms with van der Waals surface area (Å²) in [5.74, 6) is 0.617. The minimum absolute atomic E-state index is 0.0935. The van der Waals surface area contributed by atoms with Crippen molar-refractivity contribution in [1.29, 1.82) is 0 Å². The summed E-state index contributed by atoms with van der Waals surface area (Å²) in [6, 6.07) is 3.88. The topological polar surface area (TPSA) is 71.3 Å². The van der Waals surface area contributed by atoms with Crippen LogP contribution in [0.2, 0.25) is 0 Å². The predicted octanol–water partition coefficient (Wildman–Crippen LogP) is 2.03. The van der Waals surface area contributed by atoms with E-state index in [9.17, 15) is 10.1 Å². The van der Waals surface area contributed by atoms with Crippen molar-refractivity contribution in [3.8, 4) is 0 Å². The van der Waals surface area contributed by atoms with Crippen LogP contribution in [0.4, 0.5) is 11.5 Å². The Kier molecular flexibility index (Phi) is 3.33. The first-order valence-corrected chi connectivity index (χ1v) is 6.85. The molecule has 2 saturated heterocycles. The van der Waals surface area contributed by atoms with Gasteiger partial charge in [0.25, 0.3) is 5.69 Å². The summed E-state index contributed by atoms with van der Waals surface area (Å²) in [6.07, 6.45) is 6.37. The molecule has 0 saturated carbocycles. The molecule has 2 atom stereocenters. The Hall–Kier alpha value is -1.69. The van der Waals surface area contributed by atoms with Crippen LogP contribution in [-0.2, 0) is 0 Å². The smallest absolute Gasteiger partial charge is 0.274 e. The summed E-state index contributed by atoms with van der Waals surface area (Å²) in [6.45, 7) is 2.31. The third kappa shape index (κ3) is 2.53. The molecule has 0 radical (unpaired) electrons. The monoisotopic (exact) mass is 262 g/mol. The van der Waals surface area contributed by atoms with E-state index in [2.05, 4.69) is 15.2 Å². The third-order valence-electron chi connectivity index (χ3n) is 4.14. The molecule has 6 heteroatoms. The number of nitrogens with zero attached hydrogens (tertiary/aromatic N) is 3. The molecule has 3 rings (SSSR count). The molecule has 1 aromatic rings. The van der Waals surface area contributed by atoms with Gasteiger partial charge in [0.15, 0.2) is 0 Å². The molecule has 0 spiro atoms. The number of nitro groups is 1. The second kappa shape index (κ2) is 5.13. The molecule has 1 N–H and O–H groups in total. The Morgan fingerprint density at radius 2 is 2.26 bits per heavy atom. The highest BCUT2D eigenvalue weighted by atomic mass is 16.6. The van der Waals surface area contributed by atoms with E-state index in [1.165, 1.54) is 44.1 Å². The summed E-state index contributed by atoms with van der Waals surface area (Å²) in [5, 5.41) is 14.1. The van der Waals surface area contributed by atoms with E-state index >= 15 is 0 Å². The molecule has 102 valence electrons. The molecular formula is C13H18N4O2. The van der Waals surface area contributed by atoms with Crippen LogP contribution >= 0.6 is 0 Å². The van der Waals surface area contributed by atoms with Crippen LogP contribution in [0.3, 0.4) is 0 Å². The fourth-order valence-electron chi connectivity index (χ4n) is 3.22. The SMILES string of the molecule is O=[N+]([O-])c1ccnc(NC2CCN3CCCCC23)c1. The van der Waals surface area contributed by atoms with Crippen LogP contribution in [0.25, 0.3) is 0 Å². The lowest BCUT2D eigenvalue weighted by molar-refractivity contribution is -0.384. The van der Waals surface area contributed by atoms with Gasteiger partial charge in [0.2, 0.25) is 0 Å². The maximum Gasteiger partial charge on any atom is 0.274 e. The van der Waals surface area contributed by atoms with Crippen LogP contribution in [0.1, 0.15) is 25.7 Å². The van der Waals surface area contributed by atoms with Gasteiger partial charge in [0, 0.05) is 30.9 Å². The summed E-state index contributed by atoms with van der Waals surface area (Å²) in [4.78, 5) is 17.1. The van der Waals surface area contributed by atoms with E-state index in [0.29, 0.717) is 17.9 Å². The Labute approximate surface area is 112 Å². The summed E-state index contributed by atoms with van der Waals surface area (Å²) in [7, 11) is 0. The molecule has 2 aliphatic rings. The Morgan fingerprint density at radius 1 is 1.37 bits per heavy atom. The van der Waals surface area contributed by atoms with Crippen LogP contribution in [0, 0.1) is 10.1 Å². The number of nitrogens with one attached hydrogen (secondary N) is 1. The van der Waals surface area contributed by atoms with E-state index in [1.54, 1.807) is 0 Å².